The Kier molecular flexibility index (Phi) is 3.14. The first-order chi connectivity index (χ1) is 11.2. The van der Waals surface area contributed by atoms with Gasteiger partial charge in [0.2, 0.25) is 5.82 Å². The normalized spacial score (nSPS) is 17.0. The second-order valence-electron chi connectivity index (χ2n) is 5.48. The molecule has 0 bridgehead atoms. The van der Waals surface area contributed by atoms with E-state index < -0.39 is 6.04 Å². The zero-order valence-electron chi connectivity index (χ0n) is 12.2. The lowest BCUT2D eigenvalue weighted by atomic mass is 10.1. The molecule has 0 radical (unpaired) electrons. The van der Waals surface area contributed by atoms with E-state index in [1.807, 2.05) is 35.0 Å². The van der Waals surface area contributed by atoms with Crippen molar-refractivity contribution < 1.29 is 4.92 Å². The molecular formula is C15H14N6O2. The third kappa shape index (κ3) is 2.37. The summed E-state index contributed by atoms with van der Waals surface area (Å²) in [6.07, 6.45) is 6.58. The number of imidazole rings is 1. The van der Waals surface area contributed by atoms with E-state index in [0.717, 1.165) is 17.7 Å². The summed E-state index contributed by atoms with van der Waals surface area (Å²) < 4.78 is 3.56. The molecule has 0 spiro atoms. The summed E-state index contributed by atoms with van der Waals surface area (Å²) in [4.78, 5) is 19.3. The summed E-state index contributed by atoms with van der Waals surface area (Å²) in [6, 6.07) is 6.97. The lowest BCUT2D eigenvalue weighted by Gasteiger charge is -2.15. The van der Waals surface area contributed by atoms with Crippen molar-refractivity contribution in [1.29, 1.82) is 0 Å². The molecule has 3 heterocycles. The van der Waals surface area contributed by atoms with Gasteiger partial charge in [-0.05, 0) is 30.7 Å². The van der Waals surface area contributed by atoms with Gasteiger partial charge in [0.1, 0.15) is 0 Å². The molecule has 0 amide bonds. The van der Waals surface area contributed by atoms with E-state index in [2.05, 4.69) is 15.1 Å². The minimum atomic E-state index is -0.754. The molecule has 1 aliphatic rings. The molecule has 1 aliphatic heterocycles. The van der Waals surface area contributed by atoms with Crippen LogP contribution in [0, 0.1) is 10.1 Å². The van der Waals surface area contributed by atoms with Crippen molar-refractivity contribution in [2.45, 2.75) is 25.4 Å². The second-order valence-corrected chi connectivity index (χ2v) is 5.48. The van der Waals surface area contributed by atoms with E-state index in [1.54, 1.807) is 17.2 Å². The predicted molar refractivity (Wildman–Crippen MR) is 81.5 cm³/mol. The monoisotopic (exact) mass is 310 g/mol. The molecule has 0 N–H and O–H groups in total. The van der Waals surface area contributed by atoms with E-state index in [4.69, 9.17) is 0 Å². The van der Waals surface area contributed by atoms with Crippen molar-refractivity contribution in [2.24, 2.45) is 0 Å². The van der Waals surface area contributed by atoms with E-state index in [-0.39, 0.29) is 4.92 Å². The summed E-state index contributed by atoms with van der Waals surface area (Å²) in [5, 5.41) is 15.6. The van der Waals surface area contributed by atoms with E-state index in [0.29, 0.717) is 24.6 Å². The van der Waals surface area contributed by atoms with Crippen molar-refractivity contribution >= 4 is 0 Å². The van der Waals surface area contributed by atoms with E-state index >= 15 is 0 Å². The molecule has 1 aromatic carbocycles. The molecule has 1 atom stereocenters. The first kappa shape index (κ1) is 13.6. The molecule has 8 heteroatoms. The van der Waals surface area contributed by atoms with Gasteiger partial charge in [0.15, 0.2) is 5.82 Å². The van der Waals surface area contributed by atoms with Crippen LogP contribution in [0.2, 0.25) is 0 Å². The molecule has 1 unspecified atom stereocenters. The highest BCUT2D eigenvalue weighted by Gasteiger charge is 2.33. The lowest BCUT2D eigenvalue weighted by molar-refractivity contribution is -0.533. The van der Waals surface area contributed by atoms with Gasteiger partial charge in [0.25, 0.3) is 6.04 Å². The average Bonchev–Trinajstić information content (AvgIpc) is 3.24. The zero-order valence-corrected chi connectivity index (χ0v) is 12.2. The number of rotatable bonds is 3. The van der Waals surface area contributed by atoms with Crippen LogP contribution in [0.1, 0.15) is 24.7 Å². The van der Waals surface area contributed by atoms with Gasteiger partial charge >= 0.3 is 0 Å². The van der Waals surface area contributed by atoms with Crippen LogP contribution in [-0.2, 0) is 6.54 Å². The number of fused-ring (bicyclic) bond motifs is 1. The number of nitro groups is 1. The highest BCUT2D eigenvalue weighted by Crippen LogP contribution is 2.28. The van der Waals surface area contributed by atoms with Gasteiger partial charge in [0, 0.05) is 41.5 Å². The van der Waals surface area contributed by atoms with Crippen LogP contribution < -0.4 is 0 Å². The minimum Gasteiger partial charge on any atom is -0.306 e. The first-order valence-corrected chi connectivity index (χ1v) is 7.39. The fourth-order valence-corrected chi connectivity index (χ4v) is 2.85. The van der Waals surface area contributed by atoms with Gasteiger partial charge in [-0.2, -0.15) is 5.10 Å². The summed E-state index contributed by atoms with van der Waals surface area (Å²) in [5.74, 6) is 0.987. The van der Waals surface area contributed by atoms with Crippen LogP contribution in [-0.4, -0.2) is 29.2 Å². The summed E-state index contributed by atoms with van der Waals surface area (Å²) in [7, 11) is 0. The molecule has 4 rings (SSSR count). The molecule has 116 valence electrons. The predicted octanol–water partition coefficient (Wildman–Crippen LogP) is 2.24. The van der Waals surface area contributed by atoms with Crippen molar-refractivity contribution in [1.82, 2.24) is 24.3 Å². The van der Waals surface area contributed by atoms with Gasteiger partial charge in [-0.1, -0.05) is 0 Å². The fraction of sp³-hybridized carbons (Fsp3) is 0.267. The van der Waals surface area contributed by atoms with Crippen LogP contribution in [0.5, 0.6) is 0 Å². The average molecular weight is 310 g/mol. The number of benzene rings is 1. The Morgan fingerprint density at radius 1 is 1.26 bits per heavy atom. The highest BCUT2D eigenvalue weighted by molar-refractivity contribution is 5.57. The third-order valence-corrected chi connectivity index (χ3v) is 4.03. The lowest BCUT2D eigenvalue weighted by Crippen LogP contribution is -2.22. The Morgan fingerprint density at radius 3 is 2.78 bits per heavy atom. The number of hydrogen-bond donors (Lipinski definition) is 0. The molecule has 23 heavy (non-hydrogen) atoms. The Bertz CT molecular complexity index is 837. The maximum atomic E-state index is 11.2. The van der Waals surface area contributed by atoms with Crippen LogP contribution in [0.15, 0.2) is 43.0 Å². The van der Waals surface area contributed by atoms with Crippen LogP contribution in [0.25, 0.3) is 17.1 Å². The SMILES string of the molecule is O=[N+]([O-])C1CCCn2nc(-c3ccc(-n4ccnc4)cc3)nc21. The standard InChI is InChI=1S/C15H14N6O2/c22-21(23)13-2-1-8-20-15(13)17-14(18-20)11-3-5-12(6-4-11)19-9-7-16-10-19/h3-7,9-10,13H,1-2,8H2. The highest BCUT2D eigenvalue weighted by atomic mass is 16.6. The van der Waals surface area contributed by atoms with Crippen molar-refractivity contribution in [3.63, 3.8) is 0 Å². The van der Waals surface area contributed by atoms with Crippen molar-refractivity contribution in [2.75, 3.05) is 0 Å². The van der Waals surface area contributed by atoms with E-state index in [9.17, 15) is 10.1 Å². The number of nitrogens with zero attached hydrogens (tertiary/aromatic N) is 6. The third-order valence-electron chi connectivity index (χ3n) is 4.03. The summed E-state index contributed by atoms with van der Waals surface area (Å²) in [5.41, 5.74) is 1.83. The minimum absolute atomic E-state index is 0.272. The summed E-state index contributed by atoms with van der Waals surface area (Å²) in [6.45, 7) is 0.680. The van der Waals surface area contributed by atoms with Gasteiger partial charge in [0.05, 0.1) is 6.33 Å². The molecule has 8 nitrogen and oxygen atoms in total. The van der Waals surface area contributed by atoms with Crippen LogP contribution in [0.4, 0.5) is 0 Å². The number of hydrogen-bond acceptors (Lipinski definition) is 5. The van der Waals surface area contributed by atoms with Crippen molar-refractivity contribution in [3.8, 4) is 17.1 Å². The molecule has 3 aromatic rings. The smallest absolute Gasteiger partial charge is 0.271 e. The largest absolute Gasteiger partial charge is 0.306 e. The quantitative estimate of drug-likeness (QED) is 0.546. The first-order valence-electron chi connectivity index (χ1n) is 7.39. The molecule has 0 aliphatic carbocycles. The molecular weight excluding hydrogens is 296 g/mol. The van der Waals surface area contributed by atoms with Crippen LogP contribution in [0.3, 0.4) is 0 Å². The number of aryl methyl sites for hydroxylation is 1. The van der Waals surface area contributed by atoms with Crippen molar-refractivity contribution in [3.05, 3.63) is 58.9 Å². The second kappa shape index (κ2) is 5.31. The Labute approximate surface area is 131 Å². The number of aromatic nitrogens is 5. The fourth-order valence-electron chi connectivity index (χ4n) is 2.85. The molecule has 0 fully saturated rings. The Hall–Kier alpha value is -3.03. The maximum absolute atomic E-state index is 11.2. The van der Waals surface area contributed by atoms with Crippen LogP contribution >= 0.6 is 0 Å². The van der Waals surface area contributed by atoms with E-state index in [1.165, 1.54) is 0 Å². The Morgan fingerprint density at radius 2 is 2.09 bits per heavy atom. The molecule has 2 aromatic heterocycles. The molecule has 0 saturated heterocycles. The van der Waals surface area contributed by atoms with Gasteiger partial charge in [-0.15, -0.1) is 0 Å². The summed E-state index contributed by atoms with van der Waals surface area (Å²) >= 11 is 0. The van der Waals surface area contributed by atoms with Gasteiger partial charge in [-0.3, -0.25) is 10.1 Å². The molecule has 0 saturated carbocycles. The Balaban J connectivity index is 1.68. The topological polar surface area (TPSA) is 91.7 Å². The van der Waals surface area contributed by atoms with Gasteiger partial charge in [-0.25, -0.2) is 14.6 Å². The maximum Gasteiger partial charge on any atom is 0.271 e. The zero-order chi connectivity index (χ0) is 15.8. The van der Waals surface area contributed by atoms with Gasteiger partial charge < -0.3 is 4.57 Å².